The van der Waals surface area contributed by atoms with Gasteiger partial charge >= 0.3 is 6.03 Å². The lowest BCUT2D eigenvalue weighted by Crippen LogP contribution is -2.57. The van der Waals surface area contributed by atoms with Gasteiger partial charge in [-0.05, 0) is 19.1 Å². The van der Waals surface area contributed by atoms with E-state index in [1.165, 1.54) is 0 Å². The van der Waals surface area contributed by atoms with Crippen LogP contribution in [0.4, 0.5) is 10.7 Å². The Kier molecular flexibility index (Phi) is 3.82. The minimum atomic E-state index is -0.237. The van der Waals surface area contributed by atoms with Crippen LogP contribution in [-0.4, -0.2) is 52.4 Å². The first kappa shape index (κ1) is 14.2. The van der Waals surface area contributed by atoms with Crippen molar-refractivity contribution in [3.05, 3.63) is 30.1 Å². The highest BCUT2D eigenvalue weighted by atomic mass is 16.5. The molecule has 1 aromatic heterocycles. The van der Waals surface area contributed by atoms with Gasteiger partial charge in [0.2, 0.25) is 5.95 Å². The Balaban J connectivity index is 1.50. The van der Waals surface area contributed by atoms with Crippen LogP contribution >= 0.6 is 0 Å². The molecule has 0 unspecified atom stereocenters. The topological polar surface area (TPSA) is 92.4 Å². The summed E-state index contributed by atoms with van der Waals surface area (Å²) in [5.74, 6) is 2.29. The van der Waals surface area contributed by atoms with Crippen molar-refractivity contribution >= 4 is 12.0 Å². The molecule has 2 N–H and O–H groups in total. The van der Waals surface area contributed by atoms with Gasteiger partial charge in [-0.25, -0.2) is 4.79 Å². The lowest BCUT2D eigenvalue weighted by molar-refractivity contribution is 0.0474. The summed E-state index contributed by atoms with van der Waals surface area (Å²) in [6.07, 6.45) is -0.0454. The summed E-state index contributed by atoms with van der Waals surface area (Å²) in [5.41, 5.74) is 0. The van der Waals surface area contributed by atoms with E-state index in [9.17, 15) is 4.79 Å². The number of methoxy groups -OCH3 is 1. The molecule has 3 rings (SSSR count). The molecular formula is C14H17N5O3. The number of para-hydroxylation sites is 2. The number of carbonyl (C=O) groups excluding carboxylic acids is 1. The summed E-state index contributed by atoms with van der Waals surface area (Å²) in [6.45, 7) is 2.78. The van der Waals surface area contributed by atoms with Crippen LogP contribution in [0.1, 0.15) is 5.82 Å². The average molecular weight is 303 g/mol. The van der Waals surface area contributed by atoms with Gasteiger partial charge in [0, 0.05) is 0 Å². The predicted octanol–water partition coefficient (Wildman–Crippen LogP) is 1.42. The van der Waals surface area contributed by atoms with Gasteiger partial charge in [0.1, 0.15) is 11.9 Å². The van der Waals surface area contributed by atoms with Crippen LogP contribution in [0.15, 0.2) is 24.3 Å². The molecule has 2 aromatic rings. The first-order valence-electron chi connectivity index (χ1n) is 6.90. The molecule has 0 radical (unpaired) electrons. The molecule has 1 saturated heterocycles. The summed E-state index contributed by atoms with van der Waals surface area (Å²) >= 11 is 0. The van der Waals surface area contributed by atoms with E-state index in [1.807, 2.05) is 24.3 Å². The smallest absolute Gasteiger partial charge is 0.324 e. The SMILES string of the molecule is COc1ccccc1OC1CN(C(=O)Nc2n[nH]c(C)n2)C1. The molecule has 2 heterocycles. The number of aromatic amines is 1. The van der Waals surface area contributed by atoms with Crippen LogP contribution in [-0.2, 0) is 0 Å². The molecule has 22 heavy (non-hydrogen) atoms. The Morgan fingerprint density at radius 2 is 2.09 bits per heavy atom. The molecule has 0 atom stereocenters. The first-order chi connectivity index (χ1) is 10.7. The van der Waals surface area contributed by atoms with Gasteiger partial charge in [-0.3, -0.25) is 10.4 Å². The van der Waals surface area contributed by atoms with Crippen molar-refractivity contribution in [2.45, 2.75) is 13.0 Å². The van der Waals surface area contributed by atoms with Gasteiger partial charge in [0.25, 0.3) is 0 Å². The van der Waals surface area contributed by atoms with E-state index < -0.39 is 0 Å². The zero-order chi connectivity index (χ0) is 15.5. The predicted molar refractivity (Wildman–Crippen MR) is 79.1 cm³/mol. The Hall–Kier alpha value is -2.77. The number of aryl methyl sites for hydroxylation is 1. The normalized spacial score (nSPS) is 14.4. The van der Waals surface area contributed by atoms with Crippen LogP contribution in [0.25, 0.3) is 0 Å². The molecule has 1 aliphatic heterocycles. The second-order valence-corrected chi connectivity index (χ2v) is 4.97. The van der Waals surface area contributed by atoms with Gasteiger partial charge in [0.15, 0.2) is 11.5 Å². The first-order valence-corrected chi connectivity index (χ1v) is 6.90. The number of aromatic nitrogens is 3. The maximum absolute atomic E-state index is 12.0. The van der Waals surface area contributed by atoms with E-state index in [4.69, 9.17) is 9.47 Å². The summed E-state index contributed by atoms with van der Waals surface area (Å²) in [7, 11) is 1.60. The van der Waals surface area contributed by atoms with E-state index >= 15 is 0 Å². The second-order valence-electron chi connectivity index (χ2n) is 4.97. The van der Waals surface area contributed by atoms with Crippen LogP contribution in [0.3, 0.4) is 0 Å². The van der Waals surface area contributed by atoms with Crippen molar-refractivity contribution < 1.29 is 14.3 Å². The van der Waals surface area contributed by atoms with Gasteiger partial charge in [-0.2, -0.15) is 4.98 Å². The van der Waals surface area contributed by atoms with Crippen LogP contribution in [0, 0.1) is 6.92 Å². The van der Waals surface area contributed by atoms with E-state index in [0.717, 1.165) is 0 Å². The fraction of sp³-hybridized carbons (Fsp3) is 0.357. The highest BCUT2D eigenvalue weighted by Crippen LogP contribution is 2.28. The molecule has 1 fully saturated rings. The van der Waals surface area contributed by atoms with Gasteiger partial charge in [-0.1, -0.05) is 12.1 Å². The number of nitrogens with one attached hydrogen (secondary N) is 2. The van der Waals surface area contributed by atoms with Gasteiger partial charge < -0.3 is 14.4 Å². The number of benzene rings is 1. The fourth-order valence-corrected chi connectivity index (χ4v) is 2.15. The zero-order valence-corrected chi connectivity index (χ0v) is 12.4. The molecule has 0 bridgehead atoms. The Morgan fingerprint density at radius 1 is 1.36 bits per heavy atom. The van der Waals surface area contributed by atoms with E-state index in [0.29, 0.717) is 30.4 Å². The third kappa shape index (κ3) is 2.95. The van der Waals surface area contributed by atoms with E-state index in [1.54, 1.807) is 18.9 Å². The monoisotopic (exact) mass is 303 g/mol. The molecule has 0 aliphatic carbocycles. The summed E-state index contributed by atoms with van der Waals surface area (Å²) in [5, 5.41) is 9.16. The minimum Gasteiger partial charge on any atom is -0.493 e. The van der Waals surface area contributed by atoms with Crippen molar-refractivity contribution in [3.63, 3.8) is 0 Å². The highest BCUT2D eigenvalue weighted by molar-refractivity contribution is 5.88. The number of likely N-dealkylation sites (tertiary alicyclic amines) is 1. The number of anilines is 1. The number of rotatable bonds is 4. The number of H-pyrrole nitrogens is 1. The highest BCUT2D eigenvalue weighted by Gasteiger charge is 2.33. The second kappa shape index (κ2) is 5.92. The zero-order valence-electron chi connectivity index (χ0n) is 12.4. The number of urea groups is 1. The largest absolute Gasteiger partial charge is 0.493 e. The van der Waals surface area contributed by atoms with Crippen molar-refractivity contribution in [1.82, 2.24) is 20.1 Å². The van der Waals surface area contributed by atoms with Crippen LogP contribution < -0.4 is 14.8 Å². The summed E-state index contributed by atoms with van der Waals surface area (Å²) in [6, 6.07) is 7.21. The van der Waals surface area contributed by atoms with Crippen LogP contribution in [0.5, 0.6) is 11.5 Å². The molecule has 116 valence electrons. The molecule has 8 heteroatoms. The quantitative estimate of drug-likeness (QED) is 0.891. The lowest BCUT2D eigenvalue weighted by atomic mass is 10.2. The number of hydrogen-bond donors (Lipinski definition) is 2. The Morgan fingerprint density at radius 3 is 2.73 bits per heavy atom. The average Bonchev–Trinajstić information content (AvgIpc) is 2.87. The third-order valence-electron chi connectivity index (χ3n) is 3.31. The van der Waals surface area contributed by atoms with Crippen molar-refractivity contribution in [1.29, 1.82) is 0 Å². The fourth-order valence-electron chi connectivity index (χ4n) is 2.15. The standard InChI is InChI=1S/C14H17N5O3/c1-9-15-13(18-17-9)16-14(20)19-7-10(8-19)22-12-6-4-3-5-11(12)21-2/h3-6,10H,7-8H2,1-2H3,(H2,15,16,17,18,20). The van der Waals surface area contributed by atoms with Gasteiger partial charge in [-0.15, -0.1) is 5.10 Å². The third-order valence-corrected chi connectivity index (χ3v) is 3.31. The summed E-state index contributed by atoms with van der Waals surface area (Å²) in [4.78, 5) is 17.6. The van der Waals surface area contributed by atoms with E-state index in [2.05, 4.69) is 20.5 Å². The molecule has 1 aromatic carbocycles. The minimum absolute atomic E-state index is 0.0454. The summed E-state index contributed by atoms with van der Waals surface area (Å²) < 4.78 is 11.1. The maximum Gasteiger partial charge on any atom is 0.324 e. The maximum atomic E-state index is 12.0. The Labute approximate surface area is 127 Å². The number of amides is 2. The van der Waals surface area contributed by atoms with Gasteiger partial charge in [0.05, 0.1) is 20.2 Å². The number of nitrogens with zero attached hydrogens (tertiary/aromatic N) is 3. The molecule has 1 aliphatic rings. The molecule has 8 nitrogen and oxygen atoms in total. The lowest BCUT2D eigenvalue weighted by Gasteiger charge is -2.38. The number of hydrogen-bond acceptors (Lipinski definition) is 5. The number of carbonyl (C=O) groups is 1. The molecule has 2 amide bonds. The van der Waals surface area contributed by atoms with Crippen molar-refractivity contribution in [2.24, 2.45) is 0 Å². The van der Waals surface area contributed by atoms with Crippen LogP contribution in [0.2, 0.25) is 0 Å². The number of ether oxygens (including phenoxy) is 2. The van der Waals surface area contributed by atoms with E-state index in [-0.39, 0.29) is 18.1 Å². The molecule has 0 saturated carbocycles. The van der Waals surface area contributed by atoms with Crippen molar-refractivity contribution in [3.8, 4) is 11.5 Å². The molecular weight excluding hydrogens is 286 g/mol. The van der Waals surface area contributed by atoms with Crippen molar-refractivity contribution in [2.75, 3.05) is 25.5 Å². The molecule has 0 spiro atoms. The Bertz CT molecular complexity index is 666.